The van der Waals surface area contributed by atoms with Crippen molar-refractivity contribution < 1.29 is 5.11 Å². The molecule has 0 amide bonds. The number of unbranched alkanes of at least 4 members (excludes halogenated alkanes) is 5. The van der Waals surface area contributed by atoms with Gasteiger partial charge < -0.3 is 5.11 Å². The monoisotopic (exact) mass is 238 g/mol. The van der Waals surface area contributed by atoms with Crippen molar-refractivity contribution in [2.45, 2.75) is 79.2 Å². The van der Waals surface area contributed by atoms with Crippen LogP contribution in [0.15, 0.2) is 0 Å². The summed E-state index contributed by atoms with van der Waals surface area (Å²) in [6, 6.07) is 0. The third kappa shape index (κ3) is 8.27. The van der Waals surface area contributed by atoms with Gasteiger partial charge in [-0.15, -0.1) is 5.92 Å². The Balaban J connectivity index is 3.78. The van der Waals surface area contributed by atoms with Gasteiger partial charge in [0.1, 0.15) is 0 Å². The molecule has 17 heavy (non-hydrogen) atoms. The quantitative estimate of drug-likeness (QED) is 0.537. The third-order valence-corrected chi connectivity index (χ3v) is 3.10. The summed E-state index contributed by atoms with van der Waals surface area (Å²) in [6.07, 6.45) is 7.09. The molecule has 0 rings (SSSR count). The first-order valence-electron chi connectivity index (χ1n) is 7.06. The van der Waals surface area contributed by atoms with Crippen molar-refractivity contribution >= 4 is 0 Å². The fraction of sp³-hybridized carbons (Fsp3) is 0.875. The Hall–Kier alpha value is -0.480. The Morgan fingerprint density at radius 2 is 1.65 bits per heavy atom. The van der Waals surface area contributed by atoms with Crippen LogP contribution < -0.4 is 0 Å². The summed E-state index contributed by atoms with van der Waals surface area (Å²) in [5.74, 6) is 6.46. The van der Waals surface area contributed by atoms with E-state index in [0.717, 1.165) is 6.42 Å². The minimum Gasteiger partial charge on any atom is -0.391 e. The predicted molar refractivity (Wildman–Crippen MR) is 75.8 cm³/mol. The normalized spacial score (nSPS) is 14.9. The highest BCUT2D eigenvalue weighted by atomic mass is 16.3. The molecule has 0 saturated heterocycles. The van der Waals surface area contributed by atoms with Gasteiger partial charge >= 0.3 is 0 Å². The Morgan fingerprint density at radius 1 is 1.06 bits per heavy atom. The maximum absolute atomic E-state index is 10.0. The highest BCUT2D eigenvalue weighted by Gasteiger charge is 2.26. The fourth-order valence-corrected chi connectivity index (χ4v) is 1.88. The van der Waals surface area contributed by atoms with Crippen LogP contribution in [0, 0.1) is 23.2 Å². The van der Waals surface area contributed by atoms with Crippen LogP contribution in [0.25, 0.3) is 0 Å². The molecular weight excluding hydrogens is 208 g/mol. The van der Waals surface area contributed by atoms with E-state index in [1.165, 1.54) is 32.1 Å². The minimum atomic E-state index is -0.338. The van der Waals surface area contributed by atoms with Crippen molar-refractivity contribution in [1.29, 1.82) is 0 Å². The lowest BCUT2D eigenvalue weighted by molar-refractivity contribution is 0.0367. The van der Waals surface area contributed by atoms with Gasteiger partial charge in [0.25, 0.3) is 0 Å². The van der Waals surface area contributed by atoms with Gasteiger partial charge in [0.05, 0.1) is 6.10 Å². The molecule has 0 spiro atoms. The molecule has 0 unspecified atom stereocenters. The summed E-state index contributed by atoms with van der Waals surface area (Å²) in [7, 11) is 0. The van der Waals surface area contributed by atoms with Gasteiger partial charge in [-0.3, -0.25) is 0 Å². The first kappa shape index (κ1) is 16.5. The summed E-state index contributed by atoms with van der Waals surface area (Å²) in [6.45, 7) is 10.4. The topological polar surface area (TPSA) is 20.2 Å². The minimum absolute atomic E-state index is 0.0742. The number of hydrogen-bond acceptors (Lipinski definition) is 1. The van der Waals surface area contributed by atoms with Gasteiger partial charge in [0.15, 0.2) is 0 Å². The van der Waals surface area contributed by atoms with Crippen LogP contribution in [-0.2, 0) is 0 Å². The van der Waals surface area contributed by atoms with E-state index in [-0.39, 0.29) is 17.4 Å². The summed E-state index contributed by atoms with van der Waals surface area (Å²) in [5.41, 5.74) is -0.0742. The highest BCUT2D eigenvalue weighted by molar-refractivity contribution is 5.05. The second kappa shape index (κ2) is 8.59. The molecule has 0 aromatic rings. The number of rotatable bonds is 6. The van der Waals surface area contributed by atoms with E-state index in [4.69, 9.17) is 0 Å². The largest absolute Gasteiger partial charge is 0.391 e. The number of aliphatic hydroxyl groups excluding tert-OH is 1. The molecule has 0 aliphatic carbocycles. The molecule has 100 valence electrons. The lowest BCUT2D eigenvalue weighted by Gasteiger charge is -2.28. The molecule has 0 aromatic heterocycles. The third-order valence-electron chi connectivity index (χ3n) is 3.10. The summed E-state index contributed by atoms with van der Waals surface area (Å²) in [4.78, 5) is 0. The highest BCUT2D eigenvalue weighted by Crippen LogP contribution is 2.24. The fourth-order valence-electron chi connectivity index (χ4n) is 1.88. The first-order valence-corrected chi connectivity index (χ1v) is 7.06. The smallest absolute Gasteiger partial charge is 0.0723 e. The Kier molecular flexibility index (Phi) is 8.35. The lowest BCUT2D eigenvalue weighted by atomic mass is 9.82. The number of aliphatic hydroxyl groups is 1. The van der Waals surface area contributed by atoms with E-state index >= 15 is 0 Å². The molecule has 1 N–H and O–H groups in total. The van der Waals surface area contributed by atoms with E-state index < -0.39 is 0 Å². The zero-order valence-corrected chi connectivity index (χ0v) is 12.3. The average molecular weight is 238 g/mol. The molecule has 1 nitrogen and oxygen atoms in total. The van der Waals surface area contributed by atoms with Crippen molar-refractivity contribution in [3.63, 3.8) is 0 Å². The van der Waals surface area contributed by atoms with E-state index in [2.05, 4.69) is 39.5 Å². The SMILES string of the molecule is CCCCCCCC#C[C@@H](C)[C@H](O)C(C)(C)C. The molecule has 0 aliphatic heterocycles. The molecular formula is C16H30O. The van der Waals surface area contributed by atoms with Crippen LogP contribution in [0.4, 0.5) is 0 Å². The van der Waals surface area contributed by atoms with Crippen molar-refractivity contribution in [1.82, 2.24) is 0 Å². The summed E-state index contributed by atoms with van der Waals surface area (Å²) >= 11 is 0. The van der Waals surface area contributed by atoms with Crippen LogP contribution in [-0.4, -0.2) is 11.2 Å². The second-order valence-electron chi connectivity index (χ2n) is 6.08. The zero-order chi connectivity index (χ0) is 13.3. The van der Waals surface area contributed by atoms with Crippen LogP contribution in [0.1, 0.15) is 73.1 Å². The molecule has 0 aromatic carbocycles. The summed E-state index contributed by atoms with van der Waals surface area (Å²) < 4.78 is 0. The lowest BCUT2D eigenvalue weighted by Crippen LogP contribution is -2.31. The van der Waals surface area contributed by atoms with Gasteiger partial charge in [-0.25, -0.2) is 0 Å². The standard InChI is InChI=1S/C16H30O/c1-6-7-8-9-10-11-12-13-14(2)15(17)16(3,4)5/h14-15,17H,6-11H2,1-5H3/t14-,15+/m1/s1. The van der Waals surface area contributed by atoms with E-state index in [1.54, 1.807) is 0 Å². The maximum atomic E-state index is 10.0. The van der Waals surface area contributed by atoms with Gasteiger partial charge in [-0.05, 0) is 18.8 Å². The van der Waals surface area contributed by atoms with Gasteiger partial charge in [0, 0.05) is 12.3 Å². The molecule has 0 saturated carbocycles. The molecule has 0 fully saturated rings. The van der Waals surface area contributed by atoms with Gasteiger partial charge in [0.2, 0.25) is 0 Å². The molecule has 0 bridgehead atoms. The number of hydrogen-bond donors (Lipinski definition) is 1. The van der Waals surface area contributed by atoms with Crippen LogP contribution >= 0.6 is 0 Å². The van der Waals surface area contributed by atoms with Crippen LogP contribution in [0.2, 0.25) is 0 Å². The first-order chi connectivity index (χ1) is 7.89. The molecule has 2 atom stereocenters. The van der Waals surface area contributed by atoms with Crippen molar-refractivity contribution in [2.75, 3.05) is 0 Å². The van der Waals surface area contributed by atoms with Crippen molar-refractivity contribution in [2.24, 2.45) is 11.3 Å². The van der Waals surface area contributed by atoms with E-state index in [9.17, 15) is 5.11 Å². The van der Waals surface area contributed by atoms with E-state index in [1.807, 2.05) is 6.92 Å². The summed E-state index contributed by atoms with van der Waals surface area (Å²) in [5, 5.41) is 10.0. The Bertz CT molecular complexity index is 238. The maximum Gasteiger partial charge on any atom is 0.0723 e. The average Bonchev–Trinajstić information content (AvgIpc) is 2.25. The van der Waals surface area contributed by atoms with E-state index in [0.29, 0.717) is 0 Å². The Morgan fingerprint density at radius 3 is 2.18 bits per heavy atom. The molecule has 1 heteroatoms. The van der Waals surface area contributed by atoms with Crippen molar-refractivity contribution in [3.8, 4) is 11.8 Å². The Labute approximate surface area is 108 Å². The van der Waals surface area contributed by atoms with Crippen LogP contribution in [0.5, 0.6) is 0 Å². The zero-order valence-electron chi connectivity index (χ0n) is 12.3. The van der Waals surface area contributed by atoms with Gasteiger partial charge in [-0.2, -0.15) is 0 Å². The molecule has 0 heterocycles. The molecule has 0 radical (unpaired) electrons. The predicted octanol–water partition coefficient (Wildman–Crippen LogP) is 4.39. The second-order valence-corrected chi connectivity index (χ2v) is 6.08. The van der Waals surface area contributed by atoms with Crippen LogP contribution in [0.3, 0.4) is 0 Å². The van der Waals surface area contributed by atoms with Crippen molar-refractivity contribution in [3.05, 3.63) is 0 Å². The van der Waals surface area contributed by atoms with Gasteiger partial charge in [-0.1, -0.05) is 59.3 Å². The molecule has 0 aliphatic rings.